The van der Waals surface area contributed by atoms with Gasteiger partial charge in [0.1, 0.15) is 0 Å². The summed E-state index contributed by atoms with van der Waals surface area (Å²) in [5.41, 5.74) is 0.167. The molecule has 58 valence electrons. The van der Waals surface area contributed by atoms with Crippen molar-refractivity contribution in [1.29, 1.82) is 0 Å². The van der Waals surface area contributed by atoms with Gasteiger partial charge in [0.15, 0.2) is 5.82 Å². The molecule has 0 saturated carbocycles. The fourth-order valence-corrected chi connectivity index (χ4v) is 0.864. The maximum absolute atomic E-state index is 12.9. The van der Waals surface area contributed by atoms with E-state index in [1.165, 1.54) is 12.1 Å². The van der Waals surface area contributed by atoms with Gasteiger partial charge in [-0.1, -0.05) is 28.9 Å². The molecule has 0 aliphatic heterocycles. The average molecular weight is 174 g/mol. The van der Waals surface area contributed by atoms with Gasteiger partial charge in [-0.25, -0.2) is 4.39 Å². The van der Waals surface area contributed by atoms with Crippen molar-refractivity contribution in [3.8, 4) is 0 Å². The second-order valence-electron chi connectivity index (χ2n) is 1.89. The monoisotopic (exact) mass is 173 g/mol. The molecule has 0 radical (unpaired) electrons. The van der Waals surface area contributed by atoms with E-state index in [9.17, 15) is 4.39 Å². The largest absolute Gasteiger partial charge is 0.411 e. The van der Waals surface area contributed by atoms with Gasteiger partial charge < -0.3 is 5.21 Å². The van der Waals surface area contributed by atoms with Crippen LogP contribution in [0.15, 0.2) is 23.4 Å². The van der Waals surface area contributed by atoms with Crippen molar-refractivity contribution in [2.45, 2.75) is 0 Å². The van der Waals surface area contributed by atoms with Gasteiger partial charge >= 0.3 is 0 Å². The lowest BCUT2D eigenvalue weighted by Gasteiger charge is -1.95. The summed E-state index contributed by atoms with van der Waals surface area (Å²) < 4.78 is 12.9. The Hall–Kier alpha value is -1.09. The van der Waals surface area contributed by atoms with Crippen molar-refractivity contribution in [2.75, 3.05) is 0 Å². The van der Waals surface area contributed by atoms with Crippen molar-refractivity contribution in [3.05, 3.63) is 34.6 Å². The highest BCUT2D eigenvalue weighted by Gasteiger charge is 2.02. The summed E-state index contributed by atoms with van der Waals surface area (Å²) in [5, 5.41) is 10.8. The minimum atomic E-state index is -0.577. The van der Waals surface area contributed by atoms with Gasteiger partial charge in [0.05, 0.1) is 11.2 Å². The quantitative estimate of drug-likeness (QED) is 0.395. The van der Waals surface area contributed by atoms with Crippen LogP contribution in [-0.2, 0) is 0 Å². The van der Waals surface area contributed by atoms with E-state index in [1.54, 1.807) is 6.07 Å². The Morgan fingerprint density at radius 1 is 1.55 bits per heavy atom. The SMILES string of the molecule is O/N=C\c1cccc(Cl)c1F. The van der Waals surface area contributed by atoms with Crippen LogP contribution in [0.4, 0.5) is 4.39 Å². The Morgan fingerprint density at radius 2 is 2.27 bits per heavy atom. The van der Waals surface area contributed by atoms with Crippen LogP contribution in [0.2, 0.25) is 5.02 Å². The van der Waals surface area contributed by atoms with Gasteiger partial charge in [-0.15, -0.1) is 0 Å². The van der Waals surface area contributed by atoms with Gasteiger partial charge in [0.2, 0.25) is 0 Å². The van der Waals surface area contributed by atoms with Crippen LogP contribution in [0.25, 0.3) is 0 Å². The van der Waals surface area contributed by atoms with E-state index >= 15 is 0 Å². The van der Waals surface area contributed by atoms with Crippen LogP contribution in [-0.4, -0.2) is 11.4 Å². The third kappa shape index (κ3) is 1.68. The van der Waals surface area contributed by atoms with E-state index in [1.807, 2.05) is 0 Å². The Morgan fingerprint density at radius 3 is 2.91 bits per heavy atom. The van der Waals surface area contributed by atoms with E-state index in [-0.39, 0.29) is 10.6 Å². The van der Waals surface area contributed by atoms with Gasteiger partial charge in [0.25, 0.3) is 0 Å². The lowest BCUT2D eigenvalue weighted by molar-refractivity contribution is 0.321. The fraction of sp³-hybridized carbons (Fsp3) is 0. The predicted molar refractivity (Wildman–Crippen MR) is 40.8 cm³/mol. The second-order valence-corrected chi connectivity index (χ2v) is 2.29. The number of oxime groups is 1. The molecule has 0 aromatic heterocycles. The molecule has 0 unspecified atom stereocenters. The molecule has 0 fully saturated rings. The van der Waals surface area contributed by atoms with Crippen molar-refractivity contribution in [3.63, 3.8) is 0 Å². The van der Waals surface area contributed by atoms with Crippen LogP contribution in [0, 0.1) is 5.82 Å². The minimum Gasteiger partial charge on any atom is -0.411 e. The number of hydrogen-bond donors (Lipinski definition) is 1. The summed E-state index contributed by atoms with van der Waals surface area (Å²) in [6.07, 6.45) is 0.987. The van der Waals surface area contributed by atoms with E-state index in [4.69, 9.17) is 16.8 Å². The topological polar surface area (TPSA) is 32.6 Å². The van der Waals surface area contributed by atoms with Gasteiger partial charge in [-0.2, -0.15) is 0 Å². The third-order valence-corrected chi connectivity index (χ3v) is 1.47. The lowest BCUT2D eigenvalue weighted by atomic mass is 10.2. The van der Waals surface area contributed by atoms with Crippen molar-refractivity contribution in [1.82, 2.24) is 0 Å². The molecule has 0 saturated heterocycles. The van der Waals surface area contributed by atoms with Crippen LogP contribution >= 0.6 is 11.6 Å². The highest BCUT2D eigenvalue weighted by Crippen LogP contribution is 2.15. The molecule has 1 aromatic rings. The van der Waals surface area contributed by atoms with Crippen LogP contribution in [0.1, 0.15) is 5.56 Å². The Bertz CT molecular complexity index is 288. The molecule has 0 aliphatic rings. The maximum atomic E-state index is 12.9. The van der Waals surface area contributed by atoms with E-state index < -0.39 is 5.82 Å². The Kier molecular flexibility index (Phi) is 2.44. The number of rotatable bonds is 1. The summed E-state index contributed by atoms with van der Waals surface area (Å²) in [6, 6.07) is 4.45. The molecule has 1 N–H and O–H groups in total. The predicted octanol–water partition coefficient (Wildman–Crippen LogP) is 2.29. The highest BCUT2D eigenvalue weighted by atomic mass is 35.5. The summed E-state index contributed by atoms with van der Waals surface area (Å²) in [4.78, 5) is 0. The van der Waals surface area contributed by atoms with Gasteiger partial charge in [-0.3, -0.25) is 0 Å². The van der Waals surface area contributed by atoms with Crippen LogP contribution in [0.3, 0.4) is 0 Å². The molecule has 11 heavy (non-hydrogen) atoms. The molecule has 0 spiro atoms. The molecular formula is C7H5ClFNO. The first-order chi connectivity index (χ1) is 5.25. The zero-order chi connectivity index (χ0) is 8.27. The molecule has 2 nitrogen and oxygen atoms in total. The average Bonchev–Trinajstić information content (AvgIpc) is 1.99. The van der Waals surface area contributed by atoms with Crippen molar-refractivity contribution in [2.24, 2.45) is 5.16 Å². The molecule has 0 heterocycles. The normalized spacial score (nSPS) is 10.7. The number of hydrogen-bond acceptors (Lipinski definition) is 2. The molecule has 0 atom stereocenters. The first-order valence-corrected chi connectivity index (χ1v) is 3.25. The molecule has 1 rings (SSSR count). The standard InChI is InChI=1S/C7H5ClFNO/c8-6-3-1-2-5(4-10-11)7(6)9/h1-4,11H/b10-4-. The highest BCUT2D eigenvalue weighted by molar-refractivity contribution is 6.31. The Balaban J connectivity index is 3.16. The van der Waals surface area contributed by atoms with Crippen molar-refractivity contribution >= 4 is 17.8 Å². The molecular weight excluding hydrogens is 169 g/mol. The van der Waals surface area contributed by atoms with E-state index in [2.05, 4.69) is 5.16 Å². The zero-order valence-corrected chi connectivity index (χ0v) is 6.22. The Labute approximate surface area is 67.9 Å². The minimum absolute atomic E-state index is 0.0161. The summed E-state index contributed by atoms with van der Waals surface area (Å²) >= 11 is 5.43. The fourth-order valence-electron chi connectivity index (χ4n) is 0.682. The van der Waals surface area contributed by atoms with Gasteiger partial charge in [-0.05, 0) is 6.07 Å². The maximum Gasteiger partial charge on any atom is 0.150 e. The molecule has 0 aliphatic carbocycles. The van der Waals surface area contributed by atoms with E-state index in [0.29, 0.717) is 0 Å². The van der Waals surface area contributed by atoms with Crippen LogP contribution < -0.4 is 0 Å². The molecule has 1 aromatic carbocycles. The first kappa shape index (κ1) is 8.01. The van der Waals surface area contributed by atoms with Crippen LogP contribution in [0.5, 0.6) is 0 Å². The summed E-state index contributed by atoms with van der Waals surface area (Å²) in [5.74, 6) is -0.577. The second kappa shape index (κ2) is 3.34. The summed E-state index contributed by atoms with van der Waals surface area (Å²) in [6.45, 7) is 0. The number of nitrogens with zero attached hydrogens (tertiary/aromatic N) is 1. The number of benzene rings is 1. The summed E-state index contributed by atoms with van der Waals surface area (Å²) in [7, 11) is 0. The lowest BCUT2D eigenvalue weighted by Crippen LogP contribution is -1.87. The third-order valence-electron chi connectivity index (χ3n) is 1.18. The molecule has 4 heteroatoms. The molecule has 0 amide bonds. The zero-order valence-electron chi connectivity index (χ0n) is 5.46. The van der Waals surface area contributed by atoms with Crippen molar-refractivity contribution < 1.29 is 9.60 Å². The smallest absolute Gasteiger partial charge is 0.150 e. The number of halogens is 2. The van der Waals surface area contributed by atoms with E-state index in [0.717, 1.165) is 6.21 Å². The molecule has 0 bridgehead atoms. The van der Waals surface area contributed by atoms with Gasteiger partial charge in [0, 0.05) is 5.56 Å². The first-order valence-electron chi connectivity index (χ1n) is 2.87.